The Morgan fingerprint density at radius 1 is 1.24 bits per heavy atom. The molecule has 1 N–H and O–H groups in total. The van der Waals surface area contributed by atoms with Crippen molar-refractivity contribution in [1.82, 2.24) is 9.47 Å². The highest BCUT2D eigenvalue weighted by atomic mass is 16.3. The molecule has 2 aliphatic rings. The number of likely N-dealkylation sites (tertiary alicyclic amines) is 1. The molecule has 4 heteroatoms. The SMILES string of the molecule is Cc1cc(C(=O)N2CCC(C(C)O)CC2)c(C)n1C1CC1. The second-order valence-electron chi connectivity index (χ2n) is 6.76. The van der Waals surface area contributed by atoms with E-state index >= 15 is 0 Å². The first-order valence-electron chi connectivity index (χ1n) is 8.14. The molecule has 1 unspecified atom stereocenters. The summed E-state index contributed by atoms with van der Waals surface area (Å²) in [5.41, 5.74) is 3.20. The number of hydrogen-bond acceptors (Lipinski definition) is 2. The van der Waals surface area contributed by atoms with Crippen LogP contribution < -0.4 is 0 Å². The summed E-state index contributed by atoms with van der Waals surface area (Å²) in [6, 6.07) is 2.67. The van der Waals surface area contributed by atoms with Gasteiger partial charge in [-0.05, 0) is 58.4 Å². The zero-order valence-electron chi connectivity index (χ0n) is 13.3. The van der Waals surface area contributed by atoms with E-state index in [0.29, 0.717) is 12.0 Å². The van der Waals surface area contributed by atoms with Crippen molar-refractivity contribution in [2.75, 3.05) is 13.1 Å². The van der Waals surface area contributed by atoms with Crippen LogP contribution in [-0.4, -0.2) is 39.7 Å². The second-order valence-corrected chi connectivity index (χ2v) is 6.76. The number of nitrogens with zero attached hydrogens (tertiary/aromatic N) is 2. The van der Waals surface area contributed by atoms with Gasteiger partial charge in [0, 0.05) is 30.5 Å². The summed E-state index contributed by atoms with van der Waals surface area (Å²) in [4.78, 5) is 14.7. The highest BCUT2D eigenvalue weighted by Gasteiger charge is 2.31. The Labute approximate surface area is 126 Å². The number of hydrogen-bond donors (Lipinski definition) is 1. The third kappa shape index (κ3) is 2.73. The van der Waals surface area contributed by atoms with Crippen molar-refractivity contribution < 1.29 is 9.90 Å². The first kappa shape index (κ1) is 14.6. The topological polar surface area (TPSA) is 45.5 Å². The first-order chi connectivity index (χ1) is 9.99. The molecule has 1 aliphatic heterocycles. The van der Waals surface area contributed by atoms with Gasteiger partial charge in [0.15, 0.2) is 0 Å². The molecule has 1 atom stereocenters. The van der Waals surface area contributed by atoms with Crippen LogP contribution in [0, 0.1) is 19.8 Å². The molecule has 1 aromatic rings. The van der Waals surface area contributed by atoms with Crippen molar-refractivity contribution in [3.8, 4) is 0 Å². The lowest BCUT2D eigenvalue weighted by molar-refractivity contribution is 0.0521. The van der Waals surface area contributed by atoms with Gasteiger partial charge in [-0.25, -0.2) is 0 Å². The lowest BCUT2D eigenvalue weighted by atomic mass is 9.92. The van der Waals surface area contributed by atoms with E-state index in [1.807, 2.05) is 11.8 Å². The summed E-state index contributed by atoms with van der Waals surface area (Å²) in [5.74, 6) is 0.506. The maximum atomic E-state index is 12.8. The van der Waals surface area contributed by atoms with Crippen LogP contribution in [0.3, 0.4) is 0 Å². The average Bonchev–Trinajstić information content (AvgIpc) is 3.24. The van der Waals surface area contributed by atoms with Gasteiger partial charge in [0.25, 0.3) is 5.91 Å². The van der Waals surface area contributed by atoms with E-state index in [1.165, 1.54) is 18.5 Å². The van der Waals surface area contributed by atoms with Gasteiger partial charge < -0.3 is 14.6 Å². The normalized spacial score (nSPS) is 21.6. The molecule has 0 bridgehead atoms. The van der Waals surface area contributed by atoms with E-state index in [2.05, 4.69) is 24.5 Å². The Morgan fingerprint density at radius 2 is 1.86 bits per heavy atom. The van der Waals surface area contributed by atoms with Crippen LogP contribution in [0.5, 0.6) is 0 Å². The van der Waals surface area contributed by atoms with Crippen LogP contribution in [-0.2, 0) is 0 Å². The highest BCUT2D eigenvalue weighted by molar-refractivity contribution is 5.95. The summed E-state index contributed by atoms with van der Waals surface area (Å²) in [7, 11) is 0. The van der Waals surface area contributed by atoms with E-state index < -0.39 is 0 Å². The molecule has 1 aliphatic carbocycles. The number of rotatable bonds is 3. The van der Waals surface area contributed by atoms with Gasteiger partial charge in [-0.2, -0.15) is 0 Å². The van der Waals surface area contributed by atoms with Gasteiger partial charge in [0.05, 0.1) is 11.7 Å². The lowest BCUT2D eigenvalue weighted by Gasteiger charge is -2.33. The number of carbonyl (C=O) groups is 1. The second kappa shape index (κ2) is 5.48. The van der Waals surface area contributed by atoms with Crippen LogP contribution in [0.1, 0.15) is 60.4 Å². The van der Waals surface area contributed by atoms with Crippen LogP contribution in [0.4, 0.5) is 0 Å². The molecule has 116 valence electrons. The molecule has 0 spiro atoms. The zero-order valence-corrected chi connectivity index (χ0v) is 13.3. The highest BCUT2D eigenvalue weighted by Crippen LogP contribution is 2.38. The van der Waals surface area contributed by atoms with Crippen LogP contribution in [0.2, 0.25) is 0 Å². The van der Waals surface area contributed by atoms with Gasteiger partial charge in [-0.3, -0.25) is 4.79 Å². The minimum Gasteiger partial charge on any atom is -0.393 e. The third-order valence-electron chi connectivity index (χ3n) is 5.14. The molecule has 2 fully saturated rings. The van der Waals surface area contributed by atoms with Gasteiger partial charge in [0.2, 0.25) is 0 Å². The number of aromatic nitrogens is 1. The number of aliphatic hydroxyl groups is 1. The molecule has 21 heavy (non-hydrogen) atoms. The predicted molar refractivity (Wildman–Crippen MR) is 82.5 cm³/mol. The standard InChI is InChI=1S/C17H26N2O2/c1-11-10-16(12(2)19(11)15-4-5-15)17(21)18-8-6-14(7-9-18)13(3)20/h10,13-15,20H,4-9H2,1-3H3. The molecule has 2 heterocycles. The Kier molecular flexibility index (Phi) is 3.82. The minimum atomic E-state index is -0.262. The number of aryl methyl sites for hydroxylation is 1. The van der Waals surface area contributed by atoms with E-state index in [4.69, 9.17) is 0 Å². The first-order valence-corrected chi connectivity index (χ1v) is 8.14. The number of amides is 1. The molecule has 1 amide bonds. The van der Waals surface area contributed by atoms with Gasteiger partial charge >= 0.3 is 0 Å². The minimum absolute atomic E-state index is 0.166. The molecule has 1 aromatic heterocycles. The molecule has 1 saturated carbocycles. The Bertz CT molecular complexity index is 535. The fourth-order valence-corrected chi connectivity index (χ4v) is 3.64. The molecule has 4 nitrogen and oxygen atoms in total. The maximum Gasteiger partial charge on any atom is 0.255 e. The van der Waals surface area contributed by atoms with E-state index in [9.17, 15) is 9.90 Å². The van der Waals surface area contributed by atoms with E-state index in [0.717, 1.165) is 37.2 Å². The summed E-state index contributed by atoms with van der Waals surface area (Å²) >= 11 is 0. The van der Waals surface area contributed by atoms with Crippen molar-refractivity contribution in [2.45, 2.75) is 58.6 Å². The fourth-order valence-electron chi connectivity index (χ4n) is 3.64. The largest absolute Gasteiger partial charge is 0.393 e. The number of piperidine rings is 1. The summed E-state index contributed by atoms with van der Waals surface area (Å²) in [5, 5.41) is 9.66. The average molecular weight is 290 g/mol. The monoisotopic (exact) mass is 290 g/mol. The van der Waals surface area contributed by atoms with Gasteiger partial charge in [0.1, 0.15) is 0 Å². The van der Waals surface area contributed by atoms with Crippen LogP contribution in [0.25, 0.3) is 0 Å². The Morgan fingerprint density at radius 3 is 2.38 bits per heavy atom. The van der Waals surface area contributed by atoms with Crippen molar-refractivity contribution in [1.29, 1.82) is 0 Å². The van der Waals surface area contributed by atoms with E-state index in [-0.39, 0.29) is 12.0 Å². The van der Waals surface area contributed by atoms with Crippen molar-refractivity contribution >= 4 is 5.91 Å². The molecule has 1 saturated heterocycles. The van der Waals surface area contributed by atoms with Crippen molar-refractivity contribution in [2.24, 2.45) is 5.92 Å². The summed E-state index contributed by atoms with van der Waals surface area (Å²) < 4.78 is 2.33. The lowest BCUT2D eigenvalue weighted by Crippen LogP contribution is -2.40. The maximum absolute atomic E-state index is 12.8. The zero-order chi connectivity index (χ0) is 15.1. The summed E-state index contributed by atoms with van der Waals surface area (Å²) in [6.07, 6.45) is 4.03. The molecular weight excluding hydrogens is 264 g/mol. The molecular formula is C17H26N2O2. The van der Waals surface area contributed by atoms with Crippen molar-refractivity contribution in [3.05, 3.63) is 23.0 Å². The smallest absolute Gasteiger partial charge is 0.255 e. The van der Waals surface area contributed by atoms with Gasteiger partial charge in [-0.1, -0.05) is 0 Å². The third-order valence-corrected chi connectivity index (χ3v) is 5.14. The number of carbonyl (C=O) groups excluding carboxylic acids is 1. The Hall–Kier alpha value is -1.29. The van der Waals surface area contributed by atoms with E-state index in [1.54, 1.807) is 0 Å². The Balaban J connectivity index is 1.73. The molecule has 0 radical (unpaired) electrons. The van der Waals surface area contributed by atoms with Gasteiger partial charge in [-0.15, -0.1) is 0 Å². The predicted octanol–water partition coefficient (Wildman–Crippen LogP) is 2.67. The van der Waals surface area contributed by atoms with Crippen molar-refractivity contribution in [3.63, 3.8) is 0 Å². The quantitative estimate of drug-likeness (QED) is 0.930. The fraction of sp³-hybridized carbons (Fsp3) is 0.706. The molecule has 3 rings (SSSR count). The van der Waals surface area contributed by atoms with Crippen LogP contribution >= 0.6 is 0 Å². The molecule has 0 aromatic carbocycles. The summed E-state index contributed by atoms with van der Waals surface area (Å²) in [6.45, 7) is 7.55. The number of aliphatic hydroxyl groups excluding tert-OH is 1. The van der Waals surface area contributed by atoms with Crippen LogP contribution in [0.15, 0.2) is 6.07 Å².